The van der Waals surface area contributed by atoms with Crippen molar-refractivity contribution in [1.82, 2.24) is 25.5 Å². The number of aromatic nitrogens is 4. The molecule has 218 valence electrons. The van der Waals surface area contributed by atoms with Gasteiger partial charge in [-0.2, -0.15) is 5.10 Å². The van der Waals surface area contributed by atoms with E-state index in [2.05, 4.69) is 43.0 Å². The number of carbonyl (C=O) groups excluding carboxylic acids is 2. The van der Waals surface area contributed by atoms with E-state index in [1.807, 2.05) is 18.2 Å². The van der Waals surface area contributed by atoms with Crippen LogP contribution in [0.15, 0.2) is 67.0 Å². The number of nitrogens with one attached hydrogen (secondary N) is 3. The van der Waals surface area contributed by atoms with E-state index in [1.165, 1.54) is 19.3 Å². The molecule has 0 saturated heterocycles. The molecule has 1 aromatic carbocycles. The second-order valence-corrected chi connectivity index (χ2v) is 10.9. The van der Waals surface area contributed by atoms with Crippen LogP contribution in [0.5, 0.6) is 0 Å². The smallest absolute Gasteiger partial charge is 0.256 e. The van der Waals surface area contributed by atoms with Crippen LogP contribution in [-0.2, 0) is 11.2 Å². The first-order chi connectivity index (χ1) is 20.6. The zero-order valence-electron chi connectivity index (χ0n) is 23.9. The Labute approximate surface area is 246 Å². The van der Waals surface area contributed by atoms with Crippen molar-refractivity contribution in [2.45, 2.75) is 64.2 Å². The minimum absolute atomic E-state index is 0.230. The summed E-state index contributed by atoms with van der Waals surface area (Å²) in [6.45, 7) is 0.775. The molecule has 5 N–H and O–H groups in total. The molecular weight excluding hydrogens is 526 g/mol. The zero-order valence-corrected chi connectivity index (χ0v) is 23.9. The first kappa shape index (κ1) is 29.0. The number of nitrogens with two attached hydrogens (primary N) is 1. The molecule has 1 saturated carbocycles. The minimum Gasteiger partial charge on any atom is -0.383 e. The Hall–Kier alpha value is -4.53. The lowest BCUT2D eigenvalue weighted by atomic mass is 9.89. The highest BCUT2D eigenvalue weighted by atomic mass is 16.2. The molecule has 1 fully saturated rings. The molecule has 1 aliphatic carbocycles. The second-order valence-electron chi connectivity index (χ2n) is 10.9. The van der Waals surface area contributed by atoms with Gasteiger partial charge in [0.05, 0.1) is 11.1 Å². The van der Waals surface area contributed by atoms with Gasteiger partial charge in [-0.25, -0.2) is 9.97 Å². The van der Waals surface area contributed by atoms with Gasteiger partial charge in [0.15, 0.2) is 0 Å². The number of benzene rings is 1. The molecule has 9 nitrogen and oxygen atoms in total. The fourth-order valence-corrected chi connectivity index (χ4v) is 5.48. The van der Waals surface area contributed by atoms with Crippen LogP contribution in [0.1, 0.15) is 73.7 Å². The summed E-state index contributed by atoms with van der Waals surface area (Å²) in [6, 6.07) is 12.6. The number of pyridine rings is 2. The molecule has 3 heterocycles. The van der Waals surface area contributed by atoms with Gasteiger partial charge in [0, 0.05) is 41.5 Å². The van der Waals surface area contributed by atoms with E-state index in [-0.39, 0.29) is 17.7 Å². The number of nitrogens with zero attached hydrogens (tertiary/aromatic N) is 3. The minimum atomic E-state index is -0.230. The van der Waals surface area contributed by atoms with Crippen LogP contribution in [0.25, 0.3) is 22.2 Å². The van der Waals surface area contributed by atoms with Crippen molar-refractivity contribution in [3.63, 3.8) is 0 Å². The third-order valence-electron chi connectivity index (χ3n) is 7.86. The lowest BCUT2D eigenvalue weighted by Crippen LogP contribution is -2.32. The van der Waals surface area contributed by atoms with Crippen molar-refractivity contribution in [3.8, 4) is 11.3 Å². The SMILES string of the molecule is Nc1ncc(C/C=C/CCCCCNC(=O)C2CCCCC2)c2n[nH]c(-c3ccc(C(=O)Nc4ccccn4)cc3)c12. The van der Waals surface area contributed by atoms with Crippen LogP contribution >= 0.6 is 0 Å². The monoisotopic (exact) mass is 565 g/mol. The lowest BCUT2D eigenvalue weighted by molar-refractivity contribution is -0.125. The normalized spacial score (nSPS) is 13.9. The summed E-state index contributed by atoms with van der Waals surface area (Å²) in [5.41, 5.74) is 10.2. The van der Waals surface area contributed by atoms with Gasteiger partial charge in [0.25, 0.3) is 5.91 Å². The molecule has 42 heavy (non-hydrogen) atoms. The Morgan fingerprint density at radius 3 is 2.60 bits per heavy atom. The Morgan fingerprint density at radius 1 is 0.976 bits per heavy atom. The first-order valence-electron chi connectivity index (χ1n) is 15.0. The van der Waals surface area contributed by atoms with Gasteiger partial charge in [0.1, 0.15) is 17.2 Å². The van der Waals surface area contributed by atoms with Gasteiger partial charge < -0.3 is 16.4 Å². The highest BCUT2D eigenvalue weighted by Crippen LogP contribution is 2.32. The average Bonchev–Trinajstić information content (AvgIpc) is 3.48. The van der Waals surface area contributed by atoms with E-state index in [1.54, 1.807) is 36.7 Å². The number of H-pyrrole nitrogens is 1. The first-order valence-corrected chi connectivity index (χ1v) is 15.0. The largest absolute Gasteiger partial charge is 0.383 e. The van der Waals surface area contributed by atoms with Crippen LogP contribution in [-0.4, -0.2) is 38.5 Å². The molecule has 0 atom stereocenters. The number of fused-ring (bicyclic) bond motifs is 1. The fourth-order valence-electron chi connectivity index (χ4n) is 5.48. The lowest BCUT2D eigenvalue weighted by Gasteiger charge is -2.20. The molecule has 0 bridgehead atoms. The number of aromatic amines is 1. The van der Waals surface area contributed by atoms with E-state index >= 15 is 0 Å². The Morgan fingerprint density at radius 2 is 1.81 bits per heavy atom. The summed E-state index contributed by atoms with van der Waals surface area (Å²) in [5.74, 6) is 1.17. The van der Waals surface area contributed by atoms with E-state index in [9.17, 15) is 9.59 Å². The molecule has 4 aromatic rings. The van der Waals surface area contributed by atoms with Crippen LogP contribution in [0.3, 0.4) is 0 Å². The maximum Gasteiger partial charge on any atom is 0.256 e. The number of nitrogen functional groups attached to an aromatic ring is 1. The van der Waals surface area contributed by atoms with Crippen molar-refractivity contribution in [1.29, 1.82) is 0 Å². The van der Waals surface area contributed by atoms with Gasteiger partial charge in [-0.3, -0.25) is 14.7 Å². The molecule has 5 rings (SSSR count). The van der Waals surface area contributed by atoms with Gasteiger partial charge >= 0.3 is 0 Å². The van der Waals surface area contributed by atoms with Crippen molar-refractivity contribution in [2.24, 2.45) is 5.92 Å². The number of hydrogen-bond donors (Lipinski definition) is 4. The summed E-state index contributed by atoms with van der Waals surface area (Å²) in [7, 11) is 0. The van der Waals surface area contributed by atoms with E-state index in [0.29, 0.717) is 23.6 Å². The molecule has 0 unspecified atom stereocenters. The Balaban J connectivity index is 1.11. The van der Waals surface area contributed by atoms with Crippen molar-refractivity contribution in [3.05, 3.63) is 78.1 Å². The molecule has 9 heteroatoms. The molecule has 0 aliphatic heterocycles. The predicted octanol–water partition coefficient (Wildman–Crippen LogP) is 6.21. The standard InChI is InChI=1S/C33H39N7O2/c34-31-28-29(23-16-18-25(19-17-23)33(42)38-27-15-9-11-20-35-27)39-40-30(28)26(22-37-31)14-6-3-1-2-4-10-21-36-32(41)24-12-7-5-8-13-24/h3,6,9,11,15-20,22,24H,1-2,4-5,7-8,10,12-14,21H2,(H2,34,37)(H,36,41)(H,39,40)(H,35,38,42)/b6-3+. The summed E-state index contributed by atoms with van der Waals surface area (Å²) in [6.07, 6.45) is 18.4. The van der Waals surface area contributed by atoms with Crippen molar-refractivity contribution in [2.75, 3.05) is 17.6 Å². The number of allylic oxidation sites excluding steroid dienone is 2. The van der Waals surface area contributed by atoms with Crippen molar-refractivity contribution >= 4 is 34.4 Å². The predicted molar refractivity (Wildman–Crippen MR) is 167 cm³/mol. The maximum absolute atomic E-state index is 12.6. The molecule has 2 amide bonds. The van der Waals surface area contributed by atoms with E-state index in [0.717, 1.165) is 72.8 Å². The van der Waals surface area contributed by atoms with E-state index < -0.39 is 0 Å². The zero-order chi connectivity index (χ0) is 29.1. The van der Waals surface area contributed by atoms with Crippen LogP contribution < -0.4 is 16.4 Å². The maximum atomic E-state index is 12.6. The number of unbranched alkanes of at least 4 members (excludes halogenated alkanes) is 3. The van der Waals surface area contributed by atoms with Gasteiger partial charge in [-0.1, -0.05) is 56.0 Å². The number of amides is 2. The van der Waals surface area contributed by atoms with Gasteiger partial charge in [-0.05, 0) is 62.8 Å². The summed E-state index contributed by atoms with van der Waals surface area (Å²) >= 11 is 0. The summed E-state index contributed by atoms with van der Waals surface area (Å²) in [4.78, 5) is 33.4. The third kappa shape index (κ3) is 7.40. The number of carbonyl (C=O) groups is 2. The molecule has 0 radical (unpaired) electrons. The molecule has 0 spiro atoms. The highest BCUT2D eigenvalue weighted by molar-refractivity contribution is 6.05. The molecule has 3 aromatic heterocycles. The number of hydrogen-bond acceptors (Lipinski definition) is 6. The Kier molecular flexibility index (Phi) is 9.93. The molecular formula is C33H39N7O2. The number of anilines is 2. The van der Waals surface area contributed by atoms with Crippen LogP contribution in [0.2, 0.25) is 0 Å². The Bertz CT molecular complexity index is 1510. The summed E-state index contributed by atoms with van der Waals surface area (Å²) in [5, 5.41) is 14.4. The number of rotatable bonds is 12. The highest BCUT2D eigenvalue weighted by Gasteiger charge is 2.20. The molecule has 1 aliphatic rings. The second kappa shape index (κ2) is 14.4. The van der Waals surface area contributed by atoms with Gasteiger partial charge in [0.2, 0.25) is 5.91 Å². The quantitative estimate of drug-likeness (QED) is 0.119. The van der Waals surface area contributed by atoms with Crippen LogP contribution in [0.4, 0.5) is 11.6 Å². The fraction of sp³-hybridized carbons (Fsp3) is 0.364. The van der Waals surface area contributed by atoms with Gasteiger partial charge in [-0.15, -0.1) is 0 Å². The van der Waals surface area contributed by atoms with Crippen molar-refractivity contribution < 1.29 is 9.59 Å². The van der Waals surface area contributed by atoms with Crippen LogP contribution in [0, 0.1) is 5.92 Å². The van der Waals surface area contributed by atoms with E-state index in [4.69, 9.17) is 5.73 Å². The average molecular weight is 566 g/mol. The summed E-state index contributed by atoms with van der Waals surface area (Å²) < 4.78 is 0. The topological polar surface area (TPSA) is 139 Å². The third-order valence-corrected chi connectivity index (χ3v) is 7.86.